The van der Waals surface area contributed by atoms with E-state index in [0.717, 1.165) is 16.8 Å². The first-order valence-corrected chi connectivity index (χ1v) is 8.45. The maximum atomic E-state index is 12.7. The van der Waals surface area contributed by atoms with Crippen LogP contribution in [0.15, 0.2) is 78.0 Å². The summed E-state index contributed by atoms with van der Waals surface area (Å²) in [6, 6.07) is 17.9. The number of allylic oxidation sites excluding steroid dienone is 1. The van der Waals surface area contributed by atoms with Crippen LogP contribution in [0, 0.1) is 6.92 Å². The molecule has 2 aromatic heterocycles. The molecule has 0 bridgehead atoms. The Morgan fingerprint density at radius 2 is 1.81 bits per heavy atom. The second kappa shape index (κ2) is 6.80. The summed E-state index contributed by atoms with van der Waals surface area (Å²) in [6.07, 6.45) is 7.12. The molecule has 0 radical (unpaired) electrons. The van der Waals surface area contributed by atoms with Gasteiger partial charge >= 0.3 is 0 Å². The Bertz CT molecular complexity index is 1140. The fourth-order valence-electron chi connectivity index (χ4n) is 2.92. The van der Waals surface area contributed by atoms with Crippen LogP contribution in [-0.2, 0) is 6.54 Å². The van der Waals surface area contributed by atoms with Crippen molar-refractivity contribution >= 4 is 17.1 Å². The van der Waals surface area contributed by atoms with Crippen LogP contribution in [0.2, 0.25) is 0 Å². The SMILES string of the molecule is Cc1ccccc1-n1ncc2c(=O)n(C/C=C/c3ccccc3)cnc21. The lowest BCUT2D eigenvalue weighted by molar-refractivity contribution is 0.764. The van der Waals surface area contributed by atoms with Gasteiger partial charge in [-0.2, -0.15) is 5.10 Å². The van der Waals surface area contributed by atoms with Crippen LogP contribution in [0.1, 0.15) is 11.1 Å². The third-order valence-electron chi connectivity index (χ3n) is 4.31. The van der Waals surface area contributed by atoms with Crippen molar-refractivity contribution in [1.29, 1.82) is 0 Å². The second-order valence-electron chi connectivity index (χ2n) is 6.10. The Morgan fingerprint density at radius 1 is 1.04 bits per heavy atom. The van der Waals surface area contributed by atoms with Gasteiger partial charge < -0.3 is 0 Å². The maximum Gasteiger partial charge on any atom is 0.264 e. The van der Waals surface area contributed by atoms with Gasteiger partial charge in [-0.1, -0.05) is 60.7 Å². The zero-order valence-electron chi connectivity index (χ0n) is 14.4. The molecule has 4 aromatic rings. The summed E-state index contributed by atoms with van der Waals surface area (Å²) in [6.45, 7) is 2.48. The van der Waals surface area contributed by atoms with Crippen LogP contribution in [-0.4, -0.2) is 19.3 Å². The Hall–Kier alpha value is -3.47. The summed E-state index contributed by atoms with van der Waals surface area (Å²) in [5, 5.41) is 4.90. The smallest absolute Gasteiger partial charge is 0.264 e. The van der Waals surface area contributed by atoms with Crippen molar-refractivity contribution in [2.45, 2.75) is 13.5 Å². The number of aryl methyl sites for hydroxylation is 1. The lowest BCUT2D eigenvalue weighted by atomic mass is 10.2. The first kappa shape index (κ1) is 16.0. The van der Waals surface area contributed by atoms with Gasteiger partial charge in [0.25, 0.3) is 5.56 Å². The maximum absolute atomic E-state index is 12.7. The van der Waals surface area contributed by atoms with Gasteiger partial charge in [-0.15, -0.1) is 0 Å². The van der Waals surface area contributed by atoms with Crippen LogP contribution in [0.4, 0.5) is 0 Å². The van der Waals surface area contributed by atoms with Crippen molar-refractivity contribution in [3.05, 3.63) is 94.7 Å². The molecule has 0 aliphatic rings. The Morgan fingerprint density at radius 3 is 2.62 bits per heavy atom. The topological polar surface area (TPSA) is 52.7 Å². The highest BCUT2D eigenvalue weighted by molar-refractivity contribution is 5.75. The van der Waals surface area contributed by atoms with E-state index in [1.54, 1.807) is 21.8 Å². The van der Waals surface area contributed by atoms with Gasteiger partial charge in [0.15, 0.2) is 5.65 Å². The van der Waals surface area contributed by atoms with Crippen molar-refractivity contribution < 1.29 is 0 Å². The van der Waals surface area contributed by atoms with Gasteiger partial charge in [-0.05, 0) is 24.1 Å². The molecule has 0 fully saturated rings. The Kier molecular flexibility index (Phi) is 4.19. The van der Waals surface area contributed by atoms with Crippen LogP contribution in [0.25, 0.3) is 22.8 Å². The number of rotatable bonds is 4. The van der Waals surface area contributed by atoms with Crippen LogP contribution < -0.4 is 5.56 Å². The van der Waals surface area contributed by atoms with E-state index in [4.69, 9.17) is 0 Å². The third-order valence-corrected chi connectivity index (χ3v) is 4.31. The zero-order chi connectivity index (χ0) is 17.9. The van der Waals surface area contributed by atoms with E-state index >= 15 is 0 Å². The molecule has 0 atom stereocenters. The largest absolute Gasteiger partial charge is 0.295 e. The zero-order valence-corrected chi connectivity index (χ0v) is 14.4. The molecule has 128 valence electrons. The highest BCUT2D eigenvalue weighted by atomic mass is 16.1. The fourth-order valence-corrected chi connectivity index (χ4v) is 2.92. The second-order valence-corrected chi connectivity index (χ2v) is 6.10. The molecule has 2 aromatic carbocycles. The molecule has 0 amide bonds. The highest BCUT2D eigenvalue weighted by Crippen LogP contribution is 2.16. The monoisotopic (exact) mass is 342 g/mol. The van der Waals surface area contributed by atoms with E-state index in [0.29, 0.717) is 17.6 Å². The molecule has 4 rings (SSSR count). The third kappa shape index (κ3) is 2.95. The van der Waals surface area contributed by atoms with Crippen molar-refractivity contribution in [2.24, 2.45) is 0 Å². The van der Waals surface area contributed by atoms with Gasteiger partial charge in [-0.3, -0.25) is 9.36 Å². The van der Waals surface area contributed by atoms with Gasteiger partial charge in [0, 0.05) is 6.54 Å². The summed E-state index contributed by atoms with van der Waals surface area (Å²) in [7, 11) is 0. The van der Waals surface area contributed by atoms with E-state index in [1.807, 2.05) is 73.7 Å². The average molecular weight is 342 g/mol. The predicted molar refractivity (Wildman–Crippen MR) is 103 cm³/mol. The quantitative estimate of drug-likeness (QED) is 0.569. The van der Waals surface area contributed by atoms with E-state index in [-0.39, 0.29) is 5.56 Å². The van der Waals surface area contributed by atoms with Crippen molar-refractivity contribution in [2.75, 3.05) is 0 Å². The molecular weight excluding hydrogens is 324 g/mol. The fraction of sp³-hybridized carbons (Fsp3) is 0.0952. The van der Waals surface area contributed by atoms with Crippen molar-refractivity contribution in [1.82, 2.24) is 19.3 Å². The van der Waals surface area contributed by atoms with E-state index in [2.05, 4.69) is 10.1 Å². The van der Waals surface area contributed by atoms with Gasteiger partial charge in [0.1, 0.15) is 11.7 Å². The van der Waals surface area contributed by atoms with E-state index in [1.165, 1.54) is 0 Å². The highest BCUT2D eigenvalue weighted by Gasteiger charge is 2.12. The Balaban J connectivity index is 1.67. The van der Waals surface area contributed by atoms with E-state index < -0.39 is 0 Å². The molecule has 0 aliphatic carbocycles. The molecule has 0 unspecified atom stereocenters. The number of benzene rings is 2. The van der Waals surface area contributed by atoms with Crippen LogP contribution >= 0.6 is 0 Å². The van der Waals surface area contributed by atoms with Crippen molar-refractivity contribution in [3.63, 3.8) is 0 Å². The predicted octanol–water partition coefficient (Wildman–Crippen LogP) is 3.60. The summed E-state index contributed by atoms with van der Waals surface area (Å²) in [4.78, 5) is 17.2. The standard InChI is InChI=1S/C21H18N4O/c1-16-8-5-6-12-19(16)25-20-18(14-23-25)21(26)24(15-22-20)13-7-11-17-9-3-2-4-10-17/h2-12,14-15H,13H2,1H3/b11-7+. The van der Waals surface area contributed by atoms with E-state index in [9.17, 15) is 4.79 Å². The first-order valence-electron chi connectivity index (χ1n) is 8.45. The minimum Gasteiger partial charge on any atom is -0.295 e. The number of para-hydroxylation sites is 1. The first-order chi connectivity index (χ1) is 12.7. The molecular formula is C21H18N4O. The lowest BCUT2D eigenvalue weighted by Crippen LogP contribution is -2.19. The number of hydrogen-bond donors (Lipinski definition) is 0. The molecule has 0 saturated carbocycles. The minimum absolute atomic E-state index is 0.0902. The molecule has 5 nitrogen and oxygen atoms in total. The van der Waals surface area contributed by atoms with Gasteiger partial charge in [0.05, 0.1) is 11.9 Å². The lowest BCUT2D eigenvalue weighted by Gasteiger charge is -2.07. The summed E-state index contributed by atoms with van der Waals surface area (Å²) in [5.74, 6) is 0. The molecule has 0 spiro atoms. The van der Waals surface area contributed by atoms with Crippen LogP contribution in [0.3, 0.4) is 0 Å². The average Bonchev–Trinajstić information content (AvgIpc) is 3.09. The molecule has 0 aliphatic heterocycles. The minimum atomic E-state index is -0.0902. The molecule has 0 saturated heterocycles. The van der Waals surface area contributed by atoms with Gasteiger partial charge in [0.2, 0.25) is 0 Å². The summed E-state index contributed by atoms with van der Waals surface area (Å²) in [5.41, 5.74) is 3.59. The summed E-state index contributed by atoms with van der Waals surface area (Å²) < 4.78 is 3.31. The van der Waals surface area contributed by atoms with Gasteiger partial charge in [-0.25, -0.2) is 9.67 Å². The number of nitrogens with zero attached hydrogens (tertiary/aromatic N) is 4. The normalized spacial score (nSPS) is 11.4. The van der Waals surface area contributed by atoms with Crippen LogP contribution in [0.5, 0.6) is 0 Å². The Labute approximate surface area is 150 Å². The van der Waals surface area contributed by atoms with Crippen molar-refractivity contribution in [3.8, 4) is 5.69 Å². The summed E-state index contributed by atoms with van der Waals surface area (Å²) >= 11 is 0. The number of aromatic nitrogens is 4. The molecule has 5 heteroatoms. The molecule has 0 N–H and O–H groups in total. The number of fused-ring (bicyclic) bond motifs is 1. The number of hydrogen-bond acceptors (Lipinski definition) is 3. The molecule has 2 heterocycles. The molecule has 26 heavy (non-hydrogen) atoms.